The topological polar surface area (TPSA) is 100.0 Å². The number of aliphatic hydroxyl groups is 2. The number of methoxy groups -OCH3 is 1. The molecule has 0 aliphatic carbocycles. The van der Waals surface area contributed by atoms with Gasteiger partial charge in [0.15, 0.2) is 0 Å². The van der Waals surface area contributed by atoms with E-state index >= 15 is 0 Å². The molecule has 0 radical (unpaired) electrons. The molecule has 1 aromatic heterocycles. The Morgan fingerprint density at radius 3 is 2.52 bits per heavy atom. The minimum atomic E-state index is -0.806. The number of ether oxygens (including phenoxy) is 1. The van der Waals surface area contributed by atoms with Crippen LogP contribution in [0.25, 0.3) is 5.76 Å². The largest absolute Gasteiger partial charge is 0.507 e. The van der Waals surface area contributed by atoms with Crippen molar-refractivity contribution in [1.29, 1.82) is 0 Å². The van der Waals surface area contributed by atoms with Crippen molar-refractivity contribution in [2.24, 2.45) is 0 Å². The van der Waals surface area contributed by atoms with Gasteiger partial charge < -0.3 is 19.8 Å². The lowest BCUT2D eigenvalue weighted by Gasteiger charge is -2.24. The Balaban J connectivity index is 2.11. The average molecular weight is 368 g/mol. The van der Waals surface area contributed by atoms with Crippen LogP contribution in [0.2, 0.25) is 0 Å². The fourth-order valence-electron chi connectivity index (χ4n) is 3.10. The van der Waals surface area contributed by atoms with Gasteiger partial charge >= 0.3 is 0 Å². The van der Waals surface area contributed by atoms with E-state index in [-0.39, 0.29) is 24.5 Å². The molecule has 1 atom stereocenters. The highest BCUT2D eigenvalue weighted by molar-refractivity contribution is 6.46. The van der Waals surface area contributed by atoms with Gasteiger partial charge in [-0.25, -0.2) is 0 Å². The standard InChI is InChI=1S/C20H20N2O5/c1-27-14-8-6-13(7-9-14)18(24)16-17(15-5-2-3-10-21-15)22(11-4-12-23)20(26)19(16)25/h2-3,5-10,17,23-24H,4,11-12H2,1H3/t17-/m0/s1. The van der Waals surface area contributed by atoms with Crippen LogP contribution in [0.4, 0.5) is 0 Å². The van der Waals surface area contributed by atoms with E-state index in [2.05, 4.69) is 4.98 Å². The fourth-order valence-corrected chi connectivity index (χ4v) is 3.10. The molecule has 1 aliphatic heterocycles. The summed E-state index contributed by atoms with van der Waals surface area (Å²) in [6, 6.07) is 10.9. The van der Waals surface area contributed by atoms with Crippen molar-refractivity contribution in [2.75, 3.05) is 20.3 Å². The van der Waals surface area contributed by atoms with E-state index in [1.807, 2.05) is 0 Å². The van der Waals surface area contributed by atoms with Crippen molar-refractivity contribution in [1.82, 2.24) is 9.88 Å². The van der Waals surface area contributed by atoms with E-state index in [9.17, 15) is 14.7 Å². The summed E-state index contributed by atoms with van der Waals surface area (Å²) >= 11 is 0. The van der Waals surface area contributed by atoms with Crippen LogP contribution in [0.15, 0.2) is 54.2 Å². The molecule has 140 valence electrons. The quantitative estimate of drug-likeness (QED) is 0.459. The van der Waals surface area contributed by atoms with Gasteiger partial charge in [0.1, 0.15) is 17.6 Å². The average Bonchev–Trinajstić information content (AvgIpc) is 2.97. The molecular formula is C20H20N2O5. The lowest BCUT2D eigenvalue weighted by molar-refractivity contribution is -0.140. The molecule has 1 amide bonds. The number of likely N-dealkylation sites (tertiary alicyclic amines) is 1. The molecule has 0 saturated carbocycles. The number of carbonyl (C=O) groups excluding carboxylic acids is 2. The summed E-state index contributed by atoms with van der Waals surface area (Å²) in [5.74, 6) is -1.14. The van der Waals surface area contributed by atoms with E-state index in [4.69, 9.17) is 9.84 Å². The van der Waals surface area contributed by atoms with Crippen molar-refractivity contribution in [3.8, 4) is 5.75 Å². The van der Waals surface area contributed by atoms with Crippen LogP contribution in [-0.2, 0) is 9.59 Å². The number of ketones is 1. The minimum absolute atomic E-state index is 0.0122. The number of Topliss-reactive ketones (excluding diaryl/α,β-unsaturated/α-hetero) is 1. The van der Waals surface area contributed by atoms with E-state index in [1.54, 1.807) is 48.7 Å². The molecule has 0 spiro atoms. The van der Waals surface area contributed by atoms with Gasteiger partial charge in [0, 0.05) is 24.9 Å². The van der Waals surface area contributed by atoms with Crippen molar-refractivity contribution in [3.05, 3.63) is 65.5 Å². The second-order valence-electron chi connectivity index (χ2n) is 6.05. The van der Waals surface area contributed by atoms with Gasteiger partial charge in [0.25, 0.3) is 11.7 Å². The molecular weight excluding hydrogens is 348 g/mol. The van der Waals surface area contributed by atoms with Gasteiger partial charge in [0.05, 0.1) is 18.4 Å². The van der Waals surface area contributed by atoms with E-state index < -0.39 is 17.7 Å². The summed E-state index contributed by atoms with van der Waals surface area (Å²) in [5, 5.41) is 19.9. The molecule has 0 unspecified atom stereocenters. The first-order valence-corrected chi connectivity index (χ1v) is 8.53. The van der Waals surface area contributed by atoms with Crippen molar-refractivity contribution in [3.63, 3.8) is 0 Å². The number of hydrogen-bond donors (Lipinski definition) is 2. The van der Waals surface area contributed by atoms with Crippen LogP contribution in [-0.4, -0.2) is 52.0 Å². The molecule has 1 fully saturated rings. The third-order valence-electron chi connectivity index (χ3n) is 4.43. The maximum atomic E-state index is 12.7. The molecule has 2 aromatic rings. The maximum Gasteiger partial charge on any atom is 0.295 e. The molecule has 1 aliphatic rings. The second kappa shape index (κ2) is 8.01. The zero-order valence-electron chi connectivity index (χ0n) is 14.8. The van der Waals surface area contributed by atoms with Crippen LogP contribution in [0.5, 0.6) is 5.75 Å². The van der Waals surface area contributed by atoms with Crippen LogP contribution >= 0.6 is 0 Å². The molecule has 1 aromatic carbocycles. The van der Waals surface area contributed by atoms with Gasteiger partial charge in [-0.1, -0.05) is 6.07 Å². The predicted molar refractivity (Wildman–Crippen MR) is 97.9 cm³/mol. The Bertz CT molecular complexity index is 862. The van der Waals surface area contributed by atoms with Crippen LogP contribution < -0.4 is 4.74 Å². The highest BCUT2D eigenvalue weighted by Gasteiger charge is 2.46. The van der Waals surface area contributed by atoms with Gasteiger partial charge in [-0.2, -0.15) is 0 Å². The van der Waals surface area contributed by atoms with Crippen molar-refractivity contribution in [2.45, 2.75) is 12.5 Å². The minimum Gasteiger partial charge on any atom is -0.507 e. The number of carbonyl (C=O) groups is 2. The fraction of sp³-hybridized carbons (Fsp3) is 0.250. The van der Waals surface area contributed by atoms with E-state index in [0.29, 0.717) is 23.4 Å². The Hall–Kier alpha value is -3.19. The number of aromatic nitrogens is 1. The predicted octanol–water partition coefficient (Wildman–Crippen LogP) is 1.89. The van der Waals surface area contributed by atoms with Crippen LogP contribution in [0.3, 0.4) is 0 Å². The molecule has 2 heterocycles. The smallest absolute Gasteiger partial charge is 0.295 e. The molecule has 0 bridgehead atoms. The highest BCUT2D eigenvalue weighted by atomic mass is 16.5. The molecule has 27 heavy (non-hydrogen) atoms. The van der Waals surface area contributed by atoms with E-state index in [1.165, 1.54) is 12.0 Å². The number of pyridine rings is 1. The third-order valence-corrected chi connectivity index (χ3v) is 4.43. The Labute approximate surface area is 156 Å². The van der Waals surface area contributed by atoms with Crippen LogP contribution in [0.1, 0.15) is 23.7 Å². The van der Waals surface area contributed by atoms with Crippen LogP contribution in [0, 0.1) is 0 Å². The van der Waals surface area contributed by atoms with Gasteiger partial charge in [0.2, 0.25) is 0 Å². The first-order valence-electron chi connectivity index (χ1n) is 8.53. The van der Waals surface area contributed by atoms with Crippen molar-refractivity contribution >= 4 is 17.4 Å². The third kappa shape index (κ3) is 3.54. The summed E-state index contributed by atoms with van der Waals surface area (Å²) in [4.78, 5) is 30.8. The molecule has 2 N–H and O–H groups in total. The monoisotopic (exact) mass is 368 g/mol. The van der Waals surface area contributed by atoms with Gasteiger partial charge in [-0.05, 0) is 42.8 Å². The van der Waals surface area contributed by atoms with Gasteiger partial charge in [-0.3, -0.25) is 14.6 Å². The summed E-state index contributed by atoms with van der Waals surface area (Å²) in [5.41, 5.74) is 0.864. The van der Waals surface area contributed by atoms with Crippen molar-refractivity contribution < 1.29 is 24.5 Å². The molecule has 7 heteroatoms. The number of nitrogens with zero attached hydrogens (tertiary/aromatic N) is 2. The Morgan fingerprint density at radius 1 is 1.19 bits per heavy atom. The zero-order valence-corrected chi connectivity index (χ0v) is 14.8. The first-order chi connectivity index (χ1) is 13.1. The number of aliphatic hydroxyl groups excluding tert-OH is 2. The number of benzene rings is 1. The molecule has 3 rings (SSSR count). The second-order valence-corrected chi connectivity index (χ2v) is 6.05. The zero-order chi connectivity index (χ0) is 19.4. The number of hydrogen-bond acceptors (Lipinski definition) is 6. The first kappa shape index (κ1) is 18.6. The Kier molecular flexibility index (Phi) is 5.52. The SMILES string of the molecule is COc1ccc(C(O)=C2C(=O)C(=O)N(CCCO)[C@H]2c2ccccn2)cc1. The number of amides is 1. The summed E-state index contributed by atoms with van der Waals surface area (Å²) < 4.78 is 5.10. The lowest BCUT2D eigenvalue weighted by Crippen LogP contribution is -2.31. The number of rotatable bonds is 6. The Morgan fingerprint density at radius 2 is 1.93 bits per heavy atom. The lowest BCUT2D eigenvalue weighted by atomic mass is 9.98. The molecule has 1 saturated heterocycles. The van der Waals surface area contributed by atoms with Gasteiger partial charge in [-0.15, -0.1) is 0 Å². The van der Waals surface area contributed by atoms with E-state index in [0.717, 1.165) is 0 Å². The molecule has 7 nitrogen and oxygen atoms in total. The highest BCUT2D eigenvalue weighted by Crippen LogP contribution is 2.38. The summed E-state index contributed by atoms with van der Waals surface area (Å²) in [6.07, 6.45) is 1.88. The normalized spacial score (nSPS) is 18.7. The summed E-state index contributed by atoms with van der Waals surface area (Å²) in [7, 11) is 1.53. The maximum absolute atomic E-state index is 12.7. The summed E-state index contributed by atoms with van der Waals surface area (Å²) in [6.45, 7) is 0.0676.